The van der Waals surface area contributed by atoms with Gasteiger partial charge in [0.15, 0.2) is 0 Å². The van der Waals surface area contributed by atoms with E-state index in [1.165, 1.54) is 4.90 Å². The SMILES string of the molecule is CC(C)COC(=O)N1CCC(C)CC1C(=O)O. The summed E-state index contributed by atoms with van der Waals surface area (Å²) in [5, 5.41) is 9.10. The van der Waals surface area contributed by atoms with Gasteiger partial charge in [0.25, 0.3) is 0 Å². The zero-order chi connectivity index (χ0) is 13.0. The molecular weight excluding hydrogens is 222 g/mol. The van der Waals surface area contributed by atoms with Crippen molar-refractivity contribution < 1.29 is 19.4 Å². The highest BCUT2D eigenvalue weighted by Gasteiger charge is 2.35. The number of hydrogen-bond donors (Lipinski definition) is 1. The lowest BCUT2D eigenvalue weighted by Gasteiger charge is -2.35. The van der Waals surface area contributed by atoms with Crippen LogP contribution in [0.5, 0.6) is 0 Å². The van der Waals surface area contributed by atoms with Crippen LogP contribution in [0, 0.1) is 11.8 Å². The predicted octanol–water partition coefficient (Wildman–Crippen LogP) is 1.96. The summed E-state index contributed by atoms with van der Waals surface area (Å²) in [6.45, 7) is 6.69. The number of aliphatic carboxylic acids is 1. The smallest absolute Gasteiger partial charge is 0.410 e. The Labute approximate surface area is 102 Å². The second-order valence-electron chi connectivity index (χ2n) is 5.15. The average molecular weight is 243 g/mol. The lowest BCUT2D eigenvalue weighted by atomic mass is 9.93. The standard InChI is InChI=1S/C12H21NO4/c1-8(2)7-17-12(16)13-5-4-9(3)6-10(13)11(14)15/h8-10H,4-7H2,1-3H3,(H,14,15). The molecule has 1 fully saturated rings. The zero-order valence-electron chi connectivity index (χ0n) is 10.7. The van der Waals surface area contributed by atoms with Crippen LogP contribution in [0.2, 0.25) is 0 Å². The van der Waals surface area contributed by atoms with E-state index in [9.17, 15) is 9.59 Å². The summed E-state index contributed by atoms with van der Waals surface area (Å²) in [6, 6.07) is -0.738. The van der Waals surface area contributed by atoms with Crippen molar-refractivity contribution >= 4 is 12.1 Å². The number of hydrogen-bond acceptors (Lipinski definition) is 3. The first-order chi connectivity index (χ1) is 7.91. The van der Waals surface area contributed by atoms with Crippen LogP contribution in [0.3, 0.4) is 0 Å². The van der Waals surface area contributed by atoms with Gasteiger partial charge in [-0.05, 0) is 24.7 Å². The van der Waals surface area contributed by atoms with Crippen LogP contribution < -0.4 is 0 Å². The summed E-state index contributed by atoms with van der Waals surface area (Å²) in [4.78, 5) is 24.2. The van der Waals surface area contributed by atoms with Crippen molar-refractivity contribution in [2.75, 3.05) is 13.2 Å². The van der Waals surface area contributed by atoms with Crippen molar-refractivity contribution in [3.05, 3.63) is 0 Å². The molecule has 1 rings (SSSR count). The molecule has 0 spiro atoms. The maximum Gasteiger partial charge on any atom is 0.410 e. The molecule has 0 aromatic carbocycles. The maximum absolute atomic E-state index is 11.8. The molecule has 0 saturated carbocycles. The molecule has 0 aliphatic carbocycles. The molecule has 0 radical (unpaired) electrons. The molecule has 17 heavy (non-hydrogen) atoms. The zero-order valence-corrected chi connectivity index (χ0v) is 10.7. The Hall–Kier alpha value is -1.26. The van der Waals surface area contributed by atoms with Crippen LogP contribution in [0.15, 0.2) is 0 Å². The van der Waals surface area contributed by atoms with E-state index in [1.54, 1.807) is 0 Å². The van der Waals surface area contributed by atoms with E-state index in [2.05, 4.69) is 0 Å². The quantitative estimate of drug-likeness (QED) is 0.822. The number of piperidine rings is 1. The van der Waals surface area contributed by atoms with Crippen LogP contribution in [0.4, 0.5) is 4.79 Å². The molecule has 1 aliphatic rings. The molecule has 0 aromatic heterocycles. The third-order valence-corrected chi connectivity index (χ3v) is 2.92. The Morgan fingerprint density at radius 1 is 1.47 bits per heavy atom. The number of carbonyl (C=O) groups excluding carboxylic acids is 1. The number of likely N-dealkylation sites (tertiary alicyclic amines) is 1. The minimum absolute atomic E-state index is 0.256. The molecule has 2 atom stereocenters. The van der Waals surface area contributed by atoms with E-state index in [0.717, 1.165) is 6.42 Å². The van der Waals surface area contributed by atoms with E-state index >= 15 is 0 Å². The van der Waals surface area contributed by atoms with Crippen molar-refractivity contribution in [1.29, 1.82) is 0 Å². The highest BCUT2D eigenvalue weighted by Crippen LogP contribution is 2.23. The first kappa shape index (κ1) is 13.8. The van der Waals surface area contributed by atoms with E-state index in [0.29, 0.717) is 25.5 Å². The fraction of sp³-hybridized carbons (Fsp3) is 0.833. The third-order valence-electron chi connectivity index (χ3n) is 2.92. The summed E-state index contributed by atoms with van der Waals surface area (Å²) >= 11 is 0. The molecule has 1 heterocycles. The van der Waals surface area contributed by atoms with E-state index in [4.69, 9.17) is 9.84 Å². The van der Waals surface area contributed by atoms with Gasteiger partial charge in [0, 0.05) is 6.54 Å². The molecule has 1 aliphatic heterocycles. The van der Waals surface area contributed by atoms with Crippen LogP contribution in [0.1, 0.15) is 33.6 Å². The van der Waals surface area contributed by atoms with Crippen LogP contribution in [-0.2, 0) is 9.53 Å². The Morgan fingerprint density at radius 2 is 2.12 bits per heavy atom. The Balaban J connectivity index is 2.60. The van der Waals surface area contributed by atoms with Crippen molar-refractivity contribution in [2.45, 2.75) is 39.7 Å². The fourth-order valence-electron chi connectivity index (χ4n) is 1.92. The first-order valence-corrected chi connectivity index (χ1v) is 6.08. The molecule has 1 amide bonds. The molecule has 5 heteroatoms. The maximum atomic E-state index is 11.8. The van der Waals surface area contributed by atoms with E-state index < -0.39 is 18.1 Å². The summed E-state index contributed by atoms with van der Waals surface area (Å²) < 4.78 is 5.08. The van der Waals surface area contributed by atoms with Gasteiger partial charge in [-0.15, -0.1) is 0 Å². The average Bonchev–Trinajstić information content (AvgIpc) is 2.25. The van der Waals surface area contributed by atoms with E-state index in [1.807, 2.05) is 20.8 Å². The van der Waals surface area contributed by atoms with Crippen molar-refractivity contribution in [3.8, 4) is 0 Å². The first-order valence-electron chi connectivity index (χ1n) is 6.08. The van der Waals surface area contributed by atoms with Gasteiger partial charge in [-0.1, -0.05) is 20.8 Å². The number of carboxylic acids is 1. The highest BCUT2D eigenvalue weighted by atomic mass is 16.6. The molecule has 5 nitrogen and oxygen atoms in total. The monoisotopic (exact) mass is 243 g/mol. The summed E-state index contributed by atoms with van der Waals surface area (Å²) in [5.74, 6) is -0.353. The Bertz CT molecular complexity index is 290. The van der Waals surface area contributed by atoms with Gasteiger partial charge in [0.05, 0.1) is 6.61 Å². The molecule has 1 saturated heterocycles. The predicted molar refractivity (Wildman–Crippen MR) is 62.7 cm³/mol. The summed E-state index contributed by atoms with van der Waals surface area (Å²) in [7, 11) is 0. The van der Waals surface area contributed by atoms with Gasteiger partial charge in [-0.3, -0.25) is 4.90 Å². The van der Waals surface area contributed by atoms with Gasteiger partial charge in [0.1, 0.15) is 6.04 Å². The Kier molecular flexibility index (Phi) is 4.78. The van der Waals surface area contributed by atoms with Crippen molar-refractivity contribution in [2.24, 2.45) is 11.8 Å². The molecule has 98 valence electrons. The third kappa shape index (κ3) is 3.91. The van der Waals surface area contributed by atoms with Crippen molar-refractivity contribution in [3.63, 3.8) is 0 Å². The number of rotatable bonds is 3. The number of carboxylic acid groups (broad SMARTS) is 1. The van der Waals surface area contributed by atoms with Crippen LogP contribution in [-0.4, -0.2) is 41.3 Å². The second-order valence-corrected chi connectivity index (χ2v) is 5.15. The van der Waals surface area contributed by atoms with E-state index in [-0.39, 0.29) is 5.92 Å². The molecule has 0 aromatic rings. The molecule has 1 N–H and O–H groups in total. The number of carbonyl (C=O) groups is 2. The largest absolute Gasteiger partial charge is 0.480 e. The van der Waals surface area contributed by atoms with Gasteiger partial charge >= 0.3 is 12.1 Å². The molecule has 0 bridgehead atoms. The number of ether oxygens (including phenoxy) is 1. The Morgan fingerprint density at radius 3 is 2.65 bits per heavy atom. The topological polar surface area (TPSA) is 66.8 Å². The van der Waals surface area contributed by atoms with Gasteiger partial charge < -0.3 is 9.84 Å². The van der Waals surface area contributed by atoms with Gasteiger partial charge in [0.2, 0.25) is 0 Å². The number of nitrogens with zero attached hydrogens (tertiary/aromatic N) is 1. The second kappa shape index (κ2) is 5.89. The van der Waals surface area contributed by atoms with Crippen molar-refractivity contribution in [1.82, 2.24) is 4.90 Å². The minimum Gasteiger partial charge on any atom is -0.480 e. The van der Waals surface area contributed by atoms with Gasteiger partial charge in [-0.25, -0.2) is 9.59 Å². The lowest BCUT2D eigenvalue weighted by Crippen LogP contribution is -2.50. The number of amides is 1. The summed E-state index contributed by atoms with van der Waals surface area (Å²) in [6.07, 6.45) is 0.838. The highest BCUT2D eigenvalue weighted by molar-refractivity contribution is 5.80. The fourth-order valence-corrected chi connectivity index (χ4v) is 1.92. The lowest BCUT2D eigenvalue weighted by molar-refractivity contribution is -0.144. The van der Waals surface area contributed by atoms with Gasteiger partial charge in [-0.2, -0.15) is 0 Å². The van der Waals surface area contributed by atoms with Crippen LogP contribution >= 0.6 is 0 Å². The van der Waals surface area contributed by atoms with Crippen LogP contribution in [0.25, 0.3) is 0 Å². The normalized spacial score (nSPS) is 24.8. The summed E-state index contributed by atoms with van der Waals surface area (Å²) in [5.41, 5.74) is 0. The minimum atomic E-state index is -0.946. The molecular formula is C12H21NO4. The molecule has 2 unspecified atom stereocenters.